The van der Waals surface area contributed by atoms with Gasteiger partial charge in [0.05, 0.1) is 0 Å². The first-order valence-corrected chi connectivity index (χ1v) is 6.98. The van der Waals surface area contributed by atoms with E-state index >= 15 is 0 Å². The Morgan fingerprint density at radius 2 is 1.95 bits per heavy atom. The molecule has 1 aliphatic carbocycles. The number of nitrogens with one attached hydrogen (secondary N) is 2. The normalized spacial score (nSPS) is 22.3. The lowest BCUT2D eigenvalue weighted by atomic mass is 10.1. The van der Waals surface area contributed by atoms with E-state index in [0.717, 1.165) is 19.3 Å². The first-order chi connectivity index (χ1) is 9.08. The van der Waals surface area contributed by atoms with Crippen molar-refractivity contribution in [2.24, 2.45) is 5.92 Å². The maximum absolute atomic E-state index is 11.9. The Bertz CT molecular complexity index is 448. The van der Waals surface area contributed by atoms with Crippen molar-refractivity contribution in [2.75, 3.05) is 11.9 Å². The van der Waals surface area contributed by atoms with Gasteiger partial charge in [-0.3, -0.25) is 0 Å². The molecule has 0 heterocycles. The molecule has 0 aliphatic heterocycles. The van der Waals surface area contributed by atoms with Gasteiger partial charge in [0.25, 0.3) is 0 Å². The summed E-state index contributed by atoms with van der Waals surface area (Å²) in [6, 6.07) is 4.59. The highest BCUT2D eigenvalue weighted by Gasteiger charge is 2.27. The lowest BCUT2D eigenvalue weighted by molar-refractivity contribution is 0.203. The minimum Gasteiger partial charge on any atom is -0.396 e. The Morgan fingerprint density at radius 3 is 2.58 bits per heavy atom. The Kier molecular flexibility index (Phi) is 4.91. The Labute approximate surface area is 122 Å². The number of rotatable bonds is 3. The van der Waals surface area contributed by atoms with Gasteiger partial charge >= 0.3 is 6.03 Å². The summed E-state index contributed by atoms with van der Waals surface area (Å²) in [7, 11) is 0. The number of aliphatic hydroxyl groups excluding tert-OH is 1. The highest BCUT2D eigenvalue weighted by atomic mass is 35.5. The zero-order valence-corrected chi connectivity index (χ0v) is 11.8. The Hall–Kier alpha value is -0.970. The number of carbonyl (C=O) groups is 1. The fraction of sp³-hybridized carbons (Fsp3) is 0.462. The molecule has 0 spiro atoms. The number of amides is 2. The molecule has 6 heteroatoms. The minimum atomic E-state index is -0.302. The van der Waals surface area contributed by atoms with Crippen LogP contribution in [0.4, 0.5) is 10.5 Å². The van der Waals surface area contributed by atoms with Gasteiger partial charge < -0.3 is 15.7 Å². The summed E-state index contributed by atoms with van der Waals surface area (Å²) < 4.78 is 0. The minimum absolute atomic E-state index is 0.0275. The lowest BCUT2D eigenvalue weighted by Crippen LogP contribution is -2.41. The fourth-order valence-electron chi connectivity index (χ4n) is 2.41. The monoisotopic (exact) mass is 302 g/mol. The van der Waals surface area contributed by atoms with Gasteiger partial charge in [0.1, 0.15) is 0 Å². The van der Waals surface area contributed by atoms with Crippen LogP contribution in [0.15, 0.2) is 18.2 Å². The highest BCUT2D eigenvalue weighted by Crippen LogP contribution is 2.25. The lowest BCUT2D eigenvalue weighted by Gasteiger charge is -2.19. The molecule has 0 aromatic heterocycles. The van der Waals surface area contributed by atoms with Crippen molar-refractivity contribution in [1.82, 2.24) is 5.32 Å². The van der Waals surface area contributed by atoms with Crippen molar-refractivity contribution in [3.8, 4) is 0 Å². The van der Waals surface area contributed by atoms with Crippen LogP contribution in [-0.2, 0) is 0 Å². The molecule has 2 unspecified atom stereocenters. The quantitative estimate of drug-likeness (QED) is 0.802. The predicted octanol–water partition coefficient (Wildman–Crippen LogP) is 3.28. The molecule has 1 aliphatic rings. The number of urea groups is 1. The van der Waals surface area contributed by atoms with Gasteiger partial charge in [-0.25, -0.2) is 4.79 Å². The van der Waals surface area contributed by atoms with Crippen LogP contribution in [-0.4, -0.2) is 23.8 Å². The summed E-state index contributed by atoms with van der Waals surface area (Å²) in [4.78, 5) is 11.9. The second-order valence-electron chi connectivity index (χ2n) is 4.74. The summed E-state index contributed by atoms with van der Waals surface area (Å²) >= 11 is 11.7. The number of aliphatic hydroxyl groups is 1. The van der Waals surface area contributed by atoms with Gasteiger partial charge in [0.15, 0.2) is 0 Å². The molecule has 0 saturated heterocycles. The molecule has 2 rings (SSSR count). The number of carbonyl (C=O) groups excluding carboxylic acids is 1. The van der Waals surface area contributed by atoms with Gasteiger partial charge in [-0.15, -0.1) is 0 Å². The van der Waals surface area contributed by atoms with Crippen molar-refractivity contribution in [2.45, 2.75) is 25.3 Å². The molecule has 4 nitrogen and oxygen atoms in total. The SMILES string of the molecule is O=C(Nc1cc(Cl)cc(Cl)c1)NC1CCCC1CO. The smallest absolute Gasteiger partial charge is 0.319 e. The number of hydrogen-bond acceptors (Lipinski definition) is 2. The van der Waals surface area contributed by atoms with Crippen LogP contribution in [0, 0.1) is 5.92 Å². The van der Waals surface area contributed by atoms with Crippen LogP contribution in [0.1, 0.15) is 19.3 Å². The van der Waals surface area contributed by atoms with Gasteiger partial charge in [0.2, 0.25) is 0 Å². The molecule has 1 saturated carbocycles. The van der Waals surface area contributed by atoms with E-state index in [4.69, 9.17) is 23.2 Å². The molecule has 3 N–H and O–H groups in total. The number of anilines is 1. The third-order valence-electron chi connectivity index (χ3n) is 3.33. The molecule has 0 radical (unpaired) electrons. The topological polar surface area (TPSA) is 61.4 Å². The van der Waals surface area contributed by atoms with E-state index in [1.165, 1.54) is 0 Å². The summed E-state index contributed by atoms with van der Waals surface area (Å²) in [5.41, 5.74) is 0.550. The summed E-state index contributed by atoms with van der Waals surface area (Å²) in [6.07, 6.45) is 2.87. The molecule has 1 aromatic rings. The van der Waals surface area contributed by atoms with Gasteiger partial charge in [-0.1, -0.05) is 29.6 Å². The van der Waals surface area contributed by atoms with Gasteiger partial charge in [0, 0.05) is 34.3 Å². The standard InChI is InChI=1S/C13H16Cl2N2O2/c14-9-4-10(15)6-11(5-9)16-13(19)17-12-3-1-2-8(12)7-18/h4-6,8,12,18H,1-3,7H2,(H2,16,17,19). The van der Waals surface area contributed by atoms with Crippen molar-refractivity contribution < 1.29 is 9.90 Å². The second kappa shape index (κ2) is 6.46. The molecule has 1 fully saturated rings. The van der Waals surface area contributed by atoms with E-state index < -0.39 is 0 Å². The highest BCUT2D eigenvalue weighted by molar-refractivity contribution is 6.35. The first-order valence-electron chi connectivity index (χ1n) is 6.23. The predicted molar refractivity (Wildman–Crippen MR) is 76.8 cm³/mol. The zero-order chi connectivity index (χ0) is 13.8. The summed E-state index contributed by atoms with van der Waals surface area (Å²) in [6.45, 7) is 0.105. The number of halogens is 2. The maximum atomic E-state index is 11.9. The van der Waals surface area contributed by atoms with E-state index in [-0.39, 0.29) is 24.6 Å². The van der Waals surface area contributed by atoms with E-state index in [9.17, 15) is 9.90 Å². The van der Waals surface area contributed by atoms with Crippen LogP contribution in [0.5, 0.6) is 0 Å². The fourth-order valence-corrected chi connectivity index (χ4v) is 2.93. The number of benzene rings is 1. The zero-order valence-electron chi connectivity index (χ0n) is 10.3. The number of hydrogen-bond donors (Lipinski definition) is 3. The van der Waals surface area contributed by atoms with Crippen LogP contribution in [0.25, 0.3) is 0 Å². The molecule has 0 bridgehead atoms. The van der Waals surface area contributed by atoms with Crippen LogP contribution < -0.4 is 10.6 Å². The van der Waals surface area contributed by atoms with Crippen LogP contribution in [0.2, 0.25) is 10.0 Å². The average Bonchev–Trinajstić information content (AvgIpc) is 2.74. The van der Waals surface area contributed by atoms with Gasteiger partial charge in [-0.05, 0) is 31.0 Å². The Balaban J connectivity index is 1.93. The first kappa shape index (κ1) is 14.4. The van der Waals surface area contributed by atoms with Crippen molar-refractivity contribution in [3.05, 3.63) is 28.2 Å². The third kappa shape index (κ3) is 4.00. The van der Waals surface area contributed by atoms with Crippen LogP contribution >= 0.6 is 23.2 Å². The van der Waals surface area contributed by atoms with E-state index in [2.05, 4.69) is 10.6 Å². The van der Waals surface area contributed by atoms with Crippen molar-refractivity contribution >= 4 is 34.9 Å². The third-order valence-corrected chi connectivity index (χ3v) is 3.77. The molecular formula is C13H16Cl2N2O2. The Morgan fingerprint density at radius 1 is 1.26 bits per heavy atom. The van der Waals surface area contributed by atoms with Gasteiger partial charge in [-0.2, -0.15) is 0 Å². The van der Waals surface area contributed by atoms with E-state index in [1.54, 1.807) is 18.2 Å². The molecule has 19 heavy (non-hydrogen) atoms. The molecular weight excluding hydrogens is 287 g/mol. The van der Waals surface area contributed by atoms with Crippen LogP contribution in [0.3, 0.4) is 0 Å². The second-order valence-corrected chi connectivity index (χ2v) is 5.61. The molecule has 104 valence electrons. The average molecular weight is 303 g/mol. The van der Waals surface area contributed by atoms with E-state index in [1.807, 2.05) is 0 Å². The summed E-state index contributed by atoms with van der Waals surface area (Å²) in [5.74, 6) is 0.147. The van der Waals surface area contributed by atoms with Crippen molar-refractivity contribution in [1.29, 1.82) is 0 Å². The van der Waals surface area contributed by atoms with Crippen molar-refractivity contribution in [3.63, 3.8) is 0 Å². The maximum Gasteiger partial charge on any atom is 0.319 e. The molecule has 1 aromatic carbocycles. The molecule has 2 amide bonds. The summed E-state index contributed by atoms with van der Waals surface area (Å²) in [5, 5.41) is 15.7. The van der Waals surface area contributed by atoms with E-state index in [0.29, 0.717) is 15.7 Å². The largest absolute Gasteiger partial charge is 0.396 e. The molecule has 2 atom stereocenters.